The van der Waals surface area contributed by atoms with Crippen LogP contribution in [0, 0.1) is 5.41 Å². The van der Waals surface area contributed by atoms with Crippen LogP contribution in [0.4, 0.5) is 0 Å². The smallest absolute Gasteiger partial charge is 0.543 e. The minimum absolute atomic E-state index is 0. The Labute approximate surface area is 178 Å². The average Bonchev–Trinajstić information content (AvgIpc) is 3.08. The van der Waals surface area contributed by atoms with Gasteiger partial charge in [-0.3, -0.25) is 4.57 Å². The summed E-state index contributed by atoms with van der Waals surface area (Å²) in [6, 6.07) is 5.78. The van der Waals surface area contributed by atoms with Crippen LogP contribution in [-0.4, -0.2) is 15.5 Å². The van der Waals surface area contributed by atoms with Crippen molar-refractivity contribution < 1.29 is 39.5 Å². The number of nitrogens with zero attached hydrogens (tertiary/aromatic N) is 2. The van der Waals surface area contributed by atoms with Crippen molar-refractivity contribution >= 4 is 39.8 Å². The van der Waals surface area contributed by atoms with E-state index in [0.29, 0.717) is 10.2 Å². The number of hydrogen-bond acceptors (Lipinski definition) is 4. The summed E-state index contributed by atoms with van der Waals surface area (Å²) in [6.07, 6.45) is 4.02. The number of thiazole rings is 1. The second-order valence-corrected chi connectivity index (χ2v) is 8.32. The zero-order valence-corrected chi connectivity index (χ0v) is 18.4. The molecule has 25 heavy (non-hydrogen) atoms. The van der Waals surface area contributed by atoms with Crippen LogP contribution in [0.1, 0.15) is 43.2 Å². The number of carbonyl (C=O) groups is 1. The van der Waals surface area contributed by atoms with Gasteiger partial charge in [-0.1, -0.05) is 38.4 Å². The Balaban J connectivity index is 0.00000225. The van der Waals surface area contributed by atoms with E-state index < -0.39 is 5.97 Å². The Morgan fingerprint density at radius 3 is 2.68 bits per heavy atom. The fourth-order valence-corrected chi connectivity index (χ4v) is 3.55. The van der Waals surface area contributed by atoms with Crippen LogP contribution in [0.3, 0.4) is 0 Å². The molecule has 0 spiro atoms. The molecule has 126 valence electrons. The van der Waals surface area contributed by atoms with E-state index in [1.165, 1.54) is 22.3 Å². The molecule has 2 heterocycles. The quantitative estimate of drug-likeness (QED) is 0.633. The van der Waals surface area contributed by atoms with Gasteiger partial charge in [-0.25, -0.2) is 4.98 Å². The van der Waals surface area contributed by atoms with Crippen LogP contribution in [0.2, 0.25) is 5.02 Å². The number of carboxylic acids is 1. The minimum Gasteiger partial charge on any atom is -0.543 e. The van der Waals surface area contributed by atoms with E-state index in [-0.39, 0.29) is 40.7 Å². The van der Waals surface area contributed by atoms with Gasteiger partial charge in [0, 0.05) is 22.0 Å². The van der Waals surface area contributed by atoms with Gasteiger partial charge in [-0.2, -0.15) is 0 Å². The van der Waals surface area contributed by atoms with E-state index in [1.807, 2.05) is 29.0 Å². The Morgan fingerprint density at radius 2 is 2.08 bits per heavy atom. The van der Waals surface area contributed by atoms with Crippen molar-refractivity contribution in [3.63, 3.8) is 0 Å². The van der Waals surface area contributed by atoms with E-state index in [0.717, 1.165) is 23.7 Å². The van der Waals surface area contributed by atoms with Crippen LogP contribution in [0.15, 0.2) is 29.8 Å². The normalized spacial score (nSPS) is 11.5. The Kier molecular flexibility index (Phi) is 6.39. The molecule has 0 radical (unpaired) electrons. The van der Waals surface area contributed by atoms with Crippen LogP contribution in [0.25, 0.3) is 16.0 Å². The van der Waals surface area contributed by atoms with Crippen molar-refractivity contribution in [1.29, 1.82) is 0 Å². The summed E-state index contributed by atoms with van der Waals surface area (Å²) in [7, 11) is 0. The molecule has 0 saturated carbocycles. The SMILES string of the molecule is CC(C)(C)CCc1cn(-c2nc(C(=O)[O-])cs2)c2cc(Cl)ccc12.[Na+]. The van der Waals surface area contributed by atoms with E-state index >= 15 is 0 Å². The number of carboxylic acid groups (broad SMARTS) is 1. The molecule has 0 fully saturated rings. The summed E-state index contributed by atoms with van der Waals surface area (Å²) in [5.41, 5.74) is 2.34. The third-order valence-electron chi connectivity index (χ3n) is 3.90. The number of hydrogen-bond donors (Lipinski definition) is 0. The zero-order valence-electron chi connectivity index (χ0n) is 14.8. The van der Waals surface area contributed by atoms with Gasteiger partial charge in [-0.15, -0.1) is 11.3 Å². The number of aryl methyl sites for hydroxylation is 1. The maximum absolute atomic E-state index is 11.0. The molecular weight excluding hydrogens is 367 g/mol. The first kappa shape index (κ1) is 20.5. The first-order valence-corrected chi connectivity index (χ1v) is 8.97. The van der Waals surface area contributed by atoms with Crippen molar-refractivity contribution in [2.75, 3.05) is 0 Å². The number of fused-ring (bicyclic) bond motifs is 1. The van der Waals surface area contributed by atoms with Gasteiger partial charge in [0.1, 0.15) is 0 Å². The van der Waals surface area contributed by atoms with Gasteiger partial charge < -0.3 is 9.90 Å². The summed E-state index contributed by atoms with van der Waals surface area (Å²) in [5, 5.41) is 14.8. The summed E-state index contributed by atoms with van der Waals surface area (Å²) in [4.78, 5) is 15.1. The maximum atomic E-state index is 11.0. The molecule has 1 aromatic carbocycles. The van der Waals surface area contributed by atoms with Crippen molar-refractivity contribution in [2.24, 2.45) is 5.41 Å². The number of aromatic nitrogens is 2. The average molecular weight is 385 g/mol. The predicted molar refractivity (Wildman–Crippen MR) is 96.1 cm³/mol. The van der Waals surface area contributed by atoms with Gasteiger partial charge in [0.05, 0.1) is 17.2 Å². The zero-order chi connectivity index (χ0) is 17.5. The molecule has 0 amide bonds. The molecule has 0 aliphatic rings. The maximum Gasteiger partial charge on any atom is 1.00 e. The molecule has 0 atom stereocenters. The molecule has 0 aliphatic heterocycles. The summed E-state index contributed by atoms with van der Waals surface area (Å²) >= 11 is 7.43. The molecule has 3 rings (SSSR count). The first-order chi connectivity index (χ1) is 11.2. The number of aromatic carboxylic acids is 1. The molecule has 0 bridgehead atoms. The van der Waals surface area contributed by atoms with Crippen molar-refractivity contribution in [3.05, 3.63) is 46.1 Å². The van der Waals surface area contributed by atoms with Crippen LogP contribution in [-0.2, 0) is 6.42 Å². The number of carbonyl (C=O) groups excluding carboxylic acids is 1. The van der Waals surface area contributed by atoms with Crippen molar-refractivity contribution in [1.82, 2.24) is 9.55 Å². The standard InChI is InChI=1S/C18H19ClN2O2S.Na/c1-18(2,3)7-6-11-9-21(15-8-12(19)4-5-13(11)15)17-20-14(10-24-17)16(22)23;/h4-5,8-10H,6-7H2,1-3H3,(H,22,23);/q;+1/p-1. The number of rotatable bonds is 4. The van der Waals surface area contributed by atoms with E-state index in [9.17, 15) is 9.90 Å². The van der Waals surface area contributed by atoms with E-state index in [2.05, 4.69) is 25.8 Å². The van der Waals surface area contributed by atoms with Crippen LogP contribution < -0.4 is 34.7 Å². The molecule has 0 saturated heterocycles. The molecular formula is C18H18ClN2NaO2S. The predicted octanol–water partition coefficient (Wildman–Crippen LogP) is 1.09. The topological polar surface area (TPSA) is 58.0 Å². The van der Waals surface area contributed by atoms with Gasteiger partial charge >= 0.3 is 29.6 Å². The molecule has 3 aromatic rings. The molecule has 7 heteroatoms. The van der Waals surface area contributed by atoms with Crippen molar-refractivity contribution in [3.8, 4) is 5.13 Å². The largest absolute Gasteiger partial charge is 1.00 e. The fraction of sp³-hybridized carbons (Fsp3) is 0.333. The third-order valence-corrected chi connectivity index (χ3v) is 4.98. The van der Waals surface area contributed by atoms with Gasteiger partial charge in [-0.05, 0) is 36.0 Å². The summed E-state index contributed by atoms with van der Waals surface area (Å²) in [6.45, 7) is 6.65. The summed E-state index contributed by atoms with van der Waals surface area (Å²) in [5.74, 6) is -1.26. The minimum atomic E-state index is -1.26. The second-order valence-electron chi connectivity index (χ2n) is 7.05. The molecule has 0 N–H and O–H groups in total. The number of benzene rings is 1. The first-order valence-electron chi connectivity index (χ1n) is 7.71. The number of halogens is 1. The molecule has 4 nitrogen and oxygen atoms in total. The van der Waals surface area contributed by atoms with E-state index in [4.69, 9.17) is 11.6 Å². The molecule has 0 unspecified atom stereocenters. The Bertz CT molecular complexity index is 912. The third kappa shape index (κ3) is 4.66. The monoisotopic (exact) mass is 384 g/mol. The van der Waals surface area contributed by atoms with Gasteiger partial charge in [0.25, 0.3) is 0 Å². The van der Waals surface area contributed by atoms with Crippen LogP contribution >= 0.6 is 22.9 Å². The molecule has 2 aromatic heterocycles. The fourth-order valence-electron chi connectivity index (χ4n) is 2.61. The van der Waals surface area contributed by atoms with E-state index in [1.54, 1.807) is 0 Å². The summed E-state index contributed by atoms with van der Waals surface area (Å²) < 4.78 is 1.91. The Hall–Kier alpha value is -0.850. The van der Waals surface area contributed by atoms with Gasteiger partial charge in [0.2, 0.25) is 0 Å². The van der Waals surface area contributed by atoms with Crippen molar-refractivity contribution in [2.45, 2.75) is 33.6 Å². The van der Waals surface area contributed by atoms with Crippen LogP contribution in [0.5, 0.6) is 0 Å². The molecule has 0 aliphatic carbocycles. The second kappa shape index (κ2) is 7.80. The van der Waals surface area contributed by atoms with Gasteiger partial charge in [0.15, 0.2) is 5.13 Å². The Morgan fingerprint density at radius 1 is 1.36 bits per heavy atom.